The second-order valence-electron chi connectivity index (χ2n) is 6.57. The highest BCUT2D eigenvalue weighted by Gasteiger charge is 2.16. The Kier molecular flexibility index (Phi) is 5.62. The molecule has 1 aromatic heterocycles. The summed E-state index contributed by atoms with van der Waals surface area (Å²) in [4.78, 5) is 12.5. The van der Waals surface area contributed by atoms with E-state index >= 15 is 0 Å². The third-order valence-corrected chi connectivity index (χ3v) is 4.45. The topological polar surface area (TPSA) is 66.5 Å². The van der Waals surface area contributed by atoms with Crippen molar-refractivity contribution in [2.45, 2.75) is 19.6 Å². The summed E-state index contributed by atoms with van der Waals surface area (Å²) < 4.78 is 12.6. The number of methoxy groups -OCH3 is 1. The van der Waals surface area contributed by atoms with Crippen molar-refractivity contribution >= 4 is 5.97 Å². The van der Waals surface area contributed by atoms with E-state index < -0.39 is 0 Å². The normalized spacial score (nSPS) is 11.9. The van der Waals surface area contributed by atoms with E-state index in [9.17, 15) is 4.79 Å². The Bertz CT molecular complexity index is 930. The maximum absolute atomic E-state index is 12.5. The molecule has 0 aliphatic heterocycles. The second kappa shape index (κ2) is 8.10. The van der Waals surface area contributed by atoms with Crippen molar-refractivity contribution in [1.29, 1.82) is 0 Å². The number of hydrogen-bond donors (Lipinski definition) is 1. The van der Waals surface area contributed by atoms with Gasteiger partial charge in [-0.25, -0.2) is 4.79 Å². The largest absolute Gasteiger partial charge is 0.497 e. The Balaban J connectivity index is 1.84. The monoisotopic (exact) mass is 364 g/mol. The lowest BCUT2D eigenvalue weighted by Crippen LogP contribution is -2.09. The number of nitrogens with two attached hydrogens (primary N) is 1. The first-order valence-electron chi connectivity index (χ1n) is 8.80. The van der Waals surface area contributed by atoms with Crippen molar-refractivity contribution < 1.29 is 14.3 Å². The first-order chi connectivity index (χ1) is 13.0. The minimum absolute atomic E-state index is 0.113. The molecule has 0 radical (unpaired) electrons. The van der Waals surface area contributed by atoms with Gasteiger partial charge in [-0.2, -0.15) is 0 Å². The highest BCUT2D eigenvalue weighted by molar-refractivity contribution is 5.90. The van der Waals surface area contributed by atoms with E-state index in [0.29, 0.717) is 5.69 Å². The minimum Gasteiger partial charge on any atom is -0.497 e. The van der Waals surface area contributed by atoms with Crippen LogP contribution in [0.4, 0.5) is 0 Å². The third kappa shape index (κ3) is 4.38. The molecule has 0 aliphatic rings. The second-order valence-corrected chi connectivity index (χ2v) is 6.57. The van der Waals surface area contributed by atoms with Gasteiger partial charge >= 0.3 is 5.97 Å². The lowest BCUT2D eigenvalue weighted by Gasteiger charge is -2.11. The Labute approximate surface area is 159 Å². The van der Waals surface area contributed by atoms with Gasteiger partial charge in [-0.05, 0) is 47.9 Å². The van der Waals surface area contributed by atoms with E-state index in [1.165, 1.54) is 0 Å². The molecule has 3 rings (SSSR count). The summed E-state index contributed by atoms with van der Waals surface area (Å²) in [5, 5.41) is 0. The molecule has 3 aromatic rings. The van der Waals surface area contributed by atoms with Gasteiger partial charge in [-0.15, -0.1) is 0 Å². The zero-order valence-corrected chi connectivity index (χ0v) is 15.8. The highest BCUT2D eigenvalue weighted by Crippen LogP contribution is 2.29. The van der Waals surface area contributed by atoms with Crippen molar-refractivity contribution in [2.24, 2.45) is 12.8 Å². The van der Waals surface area contributed by atoms with Crippen molar-refractivity contribution in [3.63, 3.8) is 0 Å². The Morgan fingerprint density at radius 1 is 1.11 bits per heavy atom. The number of hydrogen-bond acceptors (Lipinski definition) is 4. The van der Waals surface area contributed by atoms with Gasteiger partial charge in [0.1, 0.15) is 18.1 Å². The predicted molar refractivity (Wildman–Crippen MR) is 106 cm³/mol. The van der Waals surface area contributed by atoms with Gasteiger partial charge in [-0.3, -0.25) is 0 Å². The number of ether oxygens (including phenoxy) is 2. The summed E-state index contributed by atoms with van der Waals surface area (Å²) in [5.74, 6) is 0.375. The lowest BCUT2D eigenvalue weighted by atomic mass is 10.0. The van der Waals surface area contributed by atoms with Crippen LogP contribution < -0.4 is 10.5 Å². The average Bonchev–Trinajstić information content (AvgIpc) is 3.08. The van der Waals surface area contributed by atoms with Gasteiger partial charge in [0.2, 0.25) is 0 Å². The molecule has 0 spiro atoms. The molecular weight excluding hydrogens is 340 g/mol. The van der Waals surface area contributed by atoms with E-state index in [-0.39, 0.29) is 18.6 Å². The highest BCUT2D eigenvalue weighted by atomic mass is 16.5. The van der Waals surface area contributed by atoms with Gasteiger partial charge in [0.05, 0.1) is 7.11 Å². The van der Waals surface area contributed by atoms with Crippen molar-refractivity contribution in [3.8, 4) is 16.9 Å². The number of carbonyl (C=O) groups excluding carboxylic acids is 1. The maximum atomic E-state index is 12.5. The van der Waals surface area contributed by atoms with Crippen LogP contribution in [0.1, 0.15) is 34.6 Å². The standard InChI is InChI=1S/C22H24N2O3/c1-15(23)17-9-18(11-20(10-17)26-3)19-12-21(24(2)13-19)22(25)27-14-16-7-5-4-6-8-16/h4-13,15H,14,23H2,1-3H3/t15-/m1/s1. The molecule has 5 nitrogen and oxygen atoms in total. The van der Waals surface area contributed by atoms with E-state index in [2.05, 4.69) is 0 Å². The predicted octanol–water partition coefficient (Wildman–Crippen LogP) is 4.08. The van der Waals surface area contributed by atoms with Crippen LogP contribution in [0.5, 0.6) is 5.75 Å². The molecule has 5 heteroatoms. The molecule has 27 heavy (non-hydrogen) atoms. The third-order valence-electron chi connectivity index (χ3n) is 4.45. The van der Waals surface area contributed by atoms with Crippen LogP contribution in [0.3, 0.4) is 0 Å². The molecule has 2 aromatic carbocycles. The smallest absolute Gasteiger partial charge is 0.355 e. The fourth-order valence-electron chi connectivity index (χ4n) is 2.89. The number of aromatic nitrogens is 1. The number of aryl methyl sites for hydroxylation is 1. The van der Waals surface area contributed by atoms with Crippen LogP contribution in [-0.4, -0.2) is 17.6 Å². The van der Waals surface area contributed by atoms with Crippen LogP contribution in [0.15, 0.2) is 60.8 Å². The first kappa shape index (κ1) is 18.7. The number of carbonyl (C=O) groups is 1. The van der Waals surface area contributed by atoms with Gasteiger partial charge in [0.25, 0.3) is 0 Å². The van der Waals surface area contributed by atoms with Gasteiger partial charge in [0.15, 0.2) is 0 Å². The maximum Gasteiger partial charge on any atom is 0.355 e. The average molecular weight is 364 g/mol. The molecule has 0 fully saturated rings. The fraction of sp³-hybridized carbons (Fsp3) is 0.227. The summed E-state index contributed by atoms with van der Waals surface area (Å²) in [6.45, 7) is 2.17. The number of nitrogens with zero attached hydrogens (tertiary/aromatic N) is 1. The van der Waals surface area contributed by atoms with Gasteiger partial charge in [0, 0.05) is 24.8 Å². The summed E-state index contributed by atoms with van der Waals surface area (Å²) in [5.41, 5.74) is 10.3. The summed E-state index contributed by atoms with van der Waals surface area (Å²) in [7, 11) is 3.46. The van der Waals surface area contributed by atoms with Crippen molar-refractivity contribution in [2.75, 3.05) is 7.11 Å². The molecule has 0 saturated heterocycles. The summed E-state index contributed by atoms with van der Waals surface area (Å²) in [6, 6.07) is 17.2. The van der Waals surface area contributed by atoms with Crippen LogP contribution in [0, 0.1) is 0 Å². The molecule has 0 unspecified atom stereocenters. The van der Waals surface area contributed by atoms with E-state index in [0.717, 1.165) is 28.0 Å². The quantitative estimate of drug-likeness (QED) is 0.670. The van der Waals surface area contributed by atoms with E-state index in [4.69, 9.17) is 15.2 Å². The molecule has 1 atom stereocenters. The molecule has 140 valence electrons. The van der Waals surface area contributed by atoms with Crippen LogP contribution in [0.2, 0.25) is 0 Å². The summed E-state index contributed by atoms with van der Waals surface area (Å²) in [6.07, 6.45) is 1.90. The molecular formula is C22H24N2O3. The van der Waals surface area contributed by atoms with Gasteiger partial charge in [-0.1, -0.05) is 30.3 Å². The van der Waals surface area contributed by atoms with Crippen LogP contribution >= 0.6 is 0 Å². The number of benzene rings is 2. The molecule has 0 bridgehead atoms. The SMILES string of the molecule is COc1cc(-c2cc(C(=O)OCc3ccccc3)n(C)c2)cc([C@@H](C)N)c1. The number of esters is 1. The van der Waals surface area contributed by atoms with Crippen molar-refractivity contribution in [1.82, 2.24) is 4.57 Å². The van der Waals surface area contributed by atoms with E-state index in [1.807, 2.05) is 74.8 Å². The lowest BCUT2D eigenvalue weighted by molar-refractivity contribution is 0.0461. The minimum atomic E-state index is -0.358. The van der Waals surface area contributed by atoms with Crippen molar-refractivity contribution in [3.05, 3.63) is 77.6 Å². The number of rotatable bonds is 6. The van der Waals surface area contributed by atoms with Crippen LogP contribution in [-0.2, 0) is 18.4 Å². The fourth-order valence-corrected chi connectivity index (χ4v) is 2.89. The molecule has 0 aliphatic carbocycles. The van der Waals surface area contributed by atoms with E-state index in [1.54, 1.807) is 11.7 Å². The summed E-state index contributed by atoms with van der Waals surface area (Å²) >= 11 is 0. The molecule has 0 amide bonds. The Hall–Kier alpha value is -3.05. The van der Waals surface area contributed by atoms with Gasteiger partial charge < -0.3 is 19.8 Å². The molecule has 0 saturated carbocycles. The zero-order chi connectivity index (χ0) is 19.4. The van der Waals surface area contributed by atoms with Crippen LogP contribution in [0.25, 0.3) is 11.1 Å². The first-order valence-corrected chi connectivity index (χ1v) is 8.80. The molecule has 2 N–H and O–H groups in total. The molecule has 1 heterocycles. The Morgan fingerprint density at radius 2 is 1.85 bits per heavy atom. The Morgan fingerprint density at radius 3 is 2.52 bits per heavy atom. The zero-order valence-electron chi connectivity index (χ0n) is 15.8.